The standard InChI is InChI=1S/C14H16BrF3N2O4/c1-4-20(12(23)19-13(2,3)11(21)22)24-10-6-8(14(16,17)18)5-9(15)7-10/h5-7H,4H2,1-3H3,(H,19,23)(H,21,22). The number of nitrogens with zero attached hydrogens (tertiary/aromatic N) is 1. The maximum atomic E-state index is 12.8. The predicted molar refractivity (Wildman–Crippen MR) is 82.4 cm³/mol. The van der Waals surface area contributed by atoms with E-state index in [-0.39, 0.29) is 16.8 Å². The van der Waals surface area contributed by atoms with Crippen LogP contribution in [0.4, 0.5) is 18.0 Å². The van der Waals surface area contributed by atoms with Crippen LogP contribution in [0.3, 0.4) is 0 Å². The first-order chi connectivity index (χ1) is 10.9. The number of carboxylic acid groups (broad SMARTS) is 1. The fraction of sp³-hybridized carbons (Fsp3) is 0.429. The van der Waals surface area contributed by atoms with Crippen LogP contribution in [0.1, 0.15) is 26.3 Å². The van der Waals surface area contributed by atoms with Crippen molar-refractivity contribution in [1.82, 2.24) is 10.4 Å². The van der Waals surface area contributed by atoms with Crippen LogP contribution >= 0.6 is 15.9 Å². The lowest BCUT2D eigenvalue weighted by Gasteiger charge is -2.27. The van der Waals surface area contributed by atoms with Crippen molar-refractivity contribution < 1.29 is 32.7 Å². The second kappa shape index (κ2) is 7.29. The number of alkyl halides is 3. The molecule has 0 aliphatic heterocycles. The Hall–Kier alpha value is -1.97. The van der Waals surface area contributed by atoms with Gasteiger partial charge in [0.05, 0.1) is 12.1 Å². The van der Waals surface area contributed by atoms with E-state index in [1.165, 1.54) is 26.8 Å². The summed E-state index contributed by atoms with van der Waals surface area (Å²) in [5.41, 5.74) is -2.52. The topological polar surface area (TPSA) is 78.9 Å². The number of halogens is 4. The monoisotopic (exact) mass is 412 g/mol. The van der Waals surface area contributed by atoms with Crippen molar-refractivity contribution in [1.29, 1.82) is 0 Å². The molecule has 2 amide bonds. The van der Waals surface area contributed by atoms with Gasteiger partial charge in [-0.1, -0.05) is 15.9 Å². The normalized spacial score (nSPS) is 11.8. The molecule has 1 aromatic carbocycles. The van der Waals surface area contributed by atoms with Crippen LogP contribution in [0.15, 0.2) is 22.7 Å². The first-order valence-corrected chi connectivity index (χ1v) is 7.55. The van der Waals surface area contributed by atoms with Gasteiger partial charge in [0.2, 0.25) is 0 Å². The van der Waals surface area contributed by atoms with Crippen molar-refractivity contribution in [2.75, 3.05) is 6.54 Å². The predicted octanol–water partition coefficient (Wildman–Crippen LogP) is 3.66. The van der Waals surface area contributed by atoms with Crippen molar-refractivity contribution in [3.63, 3.8) is 0 Å². The average molecular weight is 413 g/mol. The van der Waals surface area contributed by atoms with Gasteiger partial charge >= 0.3 is 18.2 Å². The van der Waals surface area contributed by atoms with Gasteiger partial charge in [-0.2, -0.15) is 18.2 Å². The highest BCUT2D eigenvalue weighted by Gasteiger charge is 2.33. The SMILES string of the molecule is CCN(Oc1cc(Br)cc(C(F)(F)F)c1)C(=O)NC(C)(C)C(=O)O. The average Bonchev–Trinajstić information content (AvgIpc) is 2.42. The Bertz CT molecular complexity index is 635. The van der Waals surface area contributed by atoms with E-state index >= 15 is 0 Å². The zero-order valence-corrected chi connectivity index (χ0v) is 14.7. The summed E-state index contributed by atoms with van der Waals surface area (Å²) in [6.07, 6.45) is -4.58. The summed E-state index contributed by atoms with van der Waals surface area (Å²) in [5.74, 6) is -1.49. The molecule has 10 heteroatoms. The molecular weight excluding hydrogens is 397 g/mol. The van der Waals surface area contributed by atoms with Crippen LogP contribution < -0.4 is 10.2 Å². The summed E-state index contributed by atoms with van der Waals surface area (Å²) >= 11 is 2.95. The molecule has 0 radical (unpaired) electrons. The molecule has 0 aliphatic rings. The summed E-state index contributed by atoms with van der Waals surface area (Å²) in [4.78, 5) is 28.2. The minimum absolute atomic E-state index is 0.0185. The number of carboxylic acids is 1. The van der Waals surface area contributed by atoms with Crippen molar-refractivity contribution in [3.8, 4) is 5.75 Å². The van der Waals surface area contributed by atoms with Crippen molar-refractivity contribution in [2.24, 2.45) is 0 Å². The quantitative estimate of drug-likeness (QED) is 0.723. The largest absolute Gasteiger partial charge is 0.480 e. The summed E-state index contributed by atoms with van der Waals surface area (Å²) in [6.45, 7) is 4.04. The molecule has 1 aromatic rings. The first-order valence-electron chi connectivity index (χ1n) is 6.75. The van der Waals surface area contributed by atoms with E-state index in [0.29, 0.717) is 0 Å². The molecule has 0 aromatic heterocycles. The highest BCUT2D eigenvalue weighted by atomic mass is 79.9. The zero-order valence-electron chi connectivity index (χ0n) is 13.1. The third-order valence-electron chi connectivity index (χ3n) is 2.88. The molecule has 0 fully saturated rings. The van der Waals surface area contributed by atoms with Crippen LogP contribution in [0.2, 0.25) is 0 Å². The highest BCUT2D eigenvalue weighted by Crippen LogP contribution is 2.34. The molecule has 1 rings (SSSR count). The highest BCUT2D eigenvalue weighted by molar-refractivity contribution is 9.10. The Labute approximate surface area is 144 Å². The number of benzene rings is 1. The summed E-state index contributed by atoms with van der Waals surface area (Å²) in [7, 11) is 0. The van der Waals surface area contributed by atoms with Crippen molar-refractivity contribution in [2.45, 2.75) is 32.5 Å². The van der Waals surface area contributed by atoms with E-state index in [9.17, 15) is 22.8 Å². The molecule has 0 atom stereocenters. The number of amides is 2. The minimum Gasteiger partial charge on any atom is -0.480 e. The Kier molecular flexibility index (Phi) is 6.09. The lowest BCUT2D eigenvalue weighted by molar-refractivity contribution is -0.143. The van der Waals surface area contributed by atoms with Crippen molar-refractivity contribution in [3.05, 3.63) is 28.2 Å². The second-order valence-electron chi connectivity index (χ2n) is 5.32. The molecule has 0 saturated heterocycles. The fourth-order valence-electron chi connectivity index (χ4n) is 1.54. The van der Waals surface area contributed by atoms with Crippen molar-refractivity contribution >= 4 is 27.9 Å². The van der Waals surface area contributed by atoms with E-state index < -0.39 is 29.3 Å². The van der Waals surface area contributed by atoms with Gasteiger partial charge in [-0.25, -0.2) is 9.59 Å². The van der Waals surface area contributed by atoms with Crippen LogP contribution in [-0.4, -0.2) is 34.3 Å². The Morgan fingerprint density at radius 2 is 1.88 bits per heavy atom. The maximum Gasteiger partial charge on any atom is 0.416 e. The van der Waals surface area contributed by atoms with Gasteiger partial charge < -0.3 is 15.3 Å². The number of rotatable bonds is 5. The maximum absolute atomic E-state index is 12.8. The van der Waals surface area contributed by atoms with E-state index in [4.69, 9.17) is 9.94 Å². The fourth-order valence-corrected chi connectivity index (χ4v) is 2.01. The smallest absolute Gasteiger partial charge is 0.416 e. The first kappa shape index (κ1) is 20.1. The lowest BCUT2D eigenvalue weighted by atomic mass is 10.1. The number of urea groups is 1. The Balaban J connectivity index is 2.99. The molecular formula is C14H16BrF3N2O4. The summed E-state index contributed by atoms with van der Waals surface area (Å²) < 4.78 is 38.5. The molecule has 2 N–H and O–H groups in total. The van der Waals surface area contributed by atoms with Gasteiger partial charge in [-0.05, 0) is 39.0 Å². The van der Waals surface area contributed by atoms with Crippen LogP contribution in [-0.2, 0) is 11.0 Å². The van der Waals surface area contributed by atoms with Gasteiger partial charge in [-0.15, -0.1) is 0 Å². The summed E-state index contributed by atoms with van der Waals surface area (Å²) in [6, 6.07) is 1.98. The van der Waals surface area contributed by atoms with Gasteiger partial charge in [0, 0.05) is 4.47 Å². The molecule has 6 nitrogen and oxygen atoms in total. The third kappa shape index (κ3) is 5.29. The van der Waals surface area contributed by atoms with E-state index in [2.05, 4.69) is 21.2 Å². The number of hydroxylamine groups is 2. The number of hydrogen-bond donors (Lipinski definition) is 2. The number of carbonyl (C=O) groups is 2. The molecule has 0 bridgehead atoms. The molecule has 0 heterocycles. The number of carbonyl (C=O) groups excluding carboxylic acids is 1. The lowest BCUT2D eigenvalue weighted by Crippen LogP contribution is -2.54. The Morgan fingerprint density at radius 3 is 2.33 bits per heavy atom. The van der Waals surface area contributed by atoms with E-state index in [1.807, 2.05) is 0 Å². The molecule has 0 unspecified atom stereocenters. The molecule has 0 spiro atoms. The van der Waals surface area contributed by atoms with E-state index in [0.717, 1.165) is 17.2 Å². The molecule has 0 aliphatic carbocycles. The van der Waals surface area contributed by atoms with Crippen LogP contribution in [0, 0.1) is 0 Å². The van der Waals surface area contributed by atoms with E-state index in [1.54, 1.807) is 0 Å². The molecule has 0 saturated carbocycles. The number of nitrogens with one attached hydrogen (secondary N) is 1. The summed E-state index contributed by atoms with van der Waals surface area (Å²) in [5, 5.41) is 11.9. The van der Waals surface area contributed by atoms with Crippen LogP contribution in [0.5, 0.6) is 5.75 Å². The molecule has 24 heavy (non-hydrogen) atoms. The Morgan fingerprint density at radius 1 is 1.29 bits per heavy atom. The van der Waals surface area contributed by atoms with Gasteiger partial charge in [0.1, 0.15) is 5.54 Å². The number of aliphatic carboxylic acids is 1. The van der Waals surface area contributed by atoms with Gasteiger partial charge in [0.25, 0.3) is 0 Å². The zero-order chi connectivity index (χ0) is 18.7. The van der Waals surface area contributed by atoms with Gasteiger partial charge in [0.15, 0.2) is 5.75 Å². The van der Waals surface area contributed by atoms with Crippen LogP contribution in [0.25, 0.3) is 0 Å². The number of hydrogen-bond acceptors (Lipinski definition) is 3. The third-order valence-corrected chi connectivity index (χ3v) is 3.34. The van der Waals surface area contributed by atoms with Gasteiger partial charge in [-0.3, -0.25) is 0 Å². The molecule has 134 valence electrons. The minimum atomic E-state index is -4.58. The second-order valence-corrected chi connectivity index (χ2v) is 6.24.